The number of aromatic nitrogens is 1. The Morgan fingerprint density at radius 3 is 2.54 bits per heavy atom. The Bertz CT molecular complexity index is 952. The highest BCUT2D eigenvalue weighted by Crippen LogP contribution is 2.18. The summed E-state index contributed by atoms with van der Waals surface area (Å²) in [5.41, 5.74) is 1.20. The van der Waals surface area contributed by atoms with Crippen LogP contribution in [0.1, 0.15) is 20.0 Å². The zero-order chi connectivity index (χ0) is 19.3. The second kappa shape index (κ2) is 8.22. The summed E-state index contributed by atoms with van der Waals surface area (Å²) in [6, 6.07) is 16.6. The van der Waals surface area contributed by atoms with Crippen molar-refractivity contribution in [2.24, 2.45) is 0 Å². The van der Waals surface area contributed by atoms with E-state index in [1.165, 1.54) is 11.3 Å². The van der Waals surface area contributed by atoms with Crippen molar-refractivity contribution in [2.45, 2.75) is 0 Å². The molecule has 0 atom stereocenters. The number of hydrogen-bond acceptors (Lipinski definition) is 5. The van der Waals surface area contributed by atoms with E-state index in [9.17, 15) is 9.59 Å². The van der Waals surface area contributed by atoms with E-state index in [1.807, 2.05) is 34.5 Å². The molecule has 1 saturated heterocycles. The number of hydrogen-bond donors (Lipinski definition) is 1. The van der Waals surface area contributed by atoms with Crippen LogP contribution in [0.25, 0.3) is 0 Å². The standard InChI is InChI=1S/C21H20N4O2S/c26-20(18-7-4-14-28-18)23-17-6-3-5-16(15-17)21(27)25-12-10-24(11-13-25)19-8-1-2-9-22-19/h1-9,14-15H,10-13H2,(H,23,26). The lowest BCUT2D eigenvalue weighted by atomic mass is 10.1. The SMILES string of the molecule is O=C(Nc1cccc(C(=O)N2CCN(c3ccccn3)CC2)c1)c1cccs1. The molecule has 3 heterocycles. The molecule has 0 unspecified atom stereocenters. The van der Waals surface area contributed by atoms with Crippen molar-refractivity contribution in [3.8, 4) is 0 Å². The minimum atomic E-state index is -0.163. The van der Waals surface area contributed by atoms with Crippen molar-refractivity contribution in [1.29, 1.82) is 0 Å². The molecule has 1 aromatic carbocycles. The predicted molar refractivity (Wildman–Crippen MR) is 111 cm³/mol. The minimum absolute atomic E-state index is 0.0205. The van der Waals surface area contributed by atoms with Crippen LogP contribution in [0, 0.1) is 0 Å². The molecule has 4 rings (SSSR count). The quantitative estimate of drug-likeness (QED) is 0.739. The summed E-state index contributed by atoms with van der Waals surface area (Å²) >= 11 is 1.38. The number of pyridine rings is 1. The Balaban J connectivity index is 1.39. The van der Waals surface area contributed by atoms with Crippen LogP contribution in [-0.2, 0) is 0 Å². The molecule has 142 valence electrons. The maximum atomic E-state index is 12.9. The van der Waals surface area contributed by atoms with Crippen molar-refractivity contribution in [1.82, 2.24) is 9.88 Å². The lowest BCUT2D eigenvalue weighted by Gasteiger charge is -2.35. The fraction of sp³-hybridized carbons (Fsp3) is 0.190. The van der Waals surface area contributed by atoms with Crippen LogP contribution in [-0.4, -0.2) is 47.9 Å². The van der Waals surface area contributed by atoms with E-state index >= 15 is 0 Å². The van der Waals surface area contributed by atoms with Gasteiger partial charge in [0.25, 0.3) is 11.8 Å². The van der Waals surface area contributed by atoms with Crippen molar-refractivity contribution in [3.63, 3.8) is 0 Å². The third kappa shape index (κ3) is 4.04. The molecular weight excluding hydrogens is 372 g/mol. The number of anilines is 2. The maximum Gasteiger partial charge on any atom is 0.265 e. The molecule has 1 N–H and O–H groups in total. The van der Waals surface area contributed by atoms with E-state index in [1.54, 1.807) is 36.5 Å². The van der Waals surface area contributed by atoms with Gasteiger partial charge in [-0.3, -0.25) is 9.59 Å². The molecule has 0 radical (unpaired) electrons. The summed E-state index contributed by atoms with van der Waals surface area (Å²) in [4.78, 5) is 34.2. The first kappa shape index (κ1) is 18.2. The molecule has 0 aliphatic carbocycles. The van der Waals surface area contributed by atoms with Crippen LogP contribution in [0.4, 0.5) is 11.5 Å². The number of rotatable bonds is 4. The summed E-state index contributed by atoms with van der Waals surface area (Å²) in [5.74, 6) is 0.754. The lowest BCUT2D eigenvalue weighted by Crippen LogP contribution is -2.49. The first-order chi connectivity index (χ1) is 13.7. The molecule has 2 aromatic heterocycles. The van der Waals surface area contributed by atoms with Gasteiger partial charge in [0.1, 0.15) is 5.82 Å². The largest absolute Gasteiger partial charge is 0.353 e. The van der Waals surface area contributed by atoms with Gasteiger partial charge in [-0.25, -0.2) is 4.98 Å². The smallest absolute Gasteiger partial charge is 0.265 e. The average Bonchev–Trinajstić information content (AvgIpc) is 3.29. The summed E-state index contributed by atoms with van der Waals surface area (Å²) < 4.78 is 0. The molecule has 7 heteroatoms. The van der Waals surface area contributed by atoms with Gasteiger partial charge in [-0.1, -0.05) is 18.2 Å². The highest BCUT2D eigenvalue weighted by molar-refractivity contribution is 7.12. The number of nitrogens with one attached hydrogen (secondary N) is 1. The van der Waals surface area contributed by atoms with Gasteiger partial charge in [-0.2, -0.15) is 0 Å². The van der Waals surface area contributed by atoms with E-state index in [-0.39, 0.29) is 11.8 Å². The summed E-state index contributed by atoms with van der Waals surface area (Å²) in [7, 11) is 0. The molecule has 3 aromatic rings. The molecule has 6 nitrogen and oxygen atoms in total. The molecule has 28 heavy (non-hydrogen) atoms. The van der Waals surface area contributed by atoms with Crippen LogP contribution in [0.5, 0.6) is 0 Å². The second-order valence-corrected chi connectivity index (χ2v) is 7.43. The van der Waals surface area contributed by atoms with Crippen molar-refractivity contribution in [2.75, 3.05) is 36.4 Å². The second-order valence-electron chi connectivity index (χ2n) is 6.48. The van der Waals surface area contributed by atoms with Crippen LogP contribution in [0.3, 0.4) is 0 Å². The number of piperazine rings is 1. The van der Waals surface area contributed by atoms with Crippen molar-refractivity contribution < 1.29 is 9.59 Å². The first-order valence-electron chi connectivity index (χ1n) is 9.11. The normalized spacial score (nSPS) is 14.0. The molecule has 0 bridgehead atoms. The summed E-state index contributed by atoms with van der Waals surface area (Å²) in [6.45, 7) is 2.78. The number of nitrogens with zero attached hydrogens (tertiary/aromatic N) is 3. The van der Waals surface area contributed by atoms with Gasteiger partial charge in [0.15, 0.2) is 0 Å². The maximum absolute atomic E-state index is 12.9. The zero-order valence-corrected chi connectivity index (χ0v) is 16.1. The Morgan fingerprint density at radius 1 is 0.964 bits per heavy atom. The Morgan fingerprint density at radius 2 is 1.82 bits per heavy atom. The molecular formula is C21H20N4O2S. The summed E-state index contributed by atoms with van der Waals surface area (Å²) in [6.07, 6.45) is 1.78. The van der Waals surface area contributed by atoms with Crippen LogP contribution >= 0.6 is 11.3 Å². The van der Waals surface area contributed by atoms with Crippen LogP contribution in [0.15, 0.2) is 66.2 Å². The Labute approximate surface area is 167 Å². The van der Waals surface area contributed by atoms with Gasteiger partial charge in [0.2, 0.25) is 0 Å². The Hall–Kier alpha value is -3.19. The molecule has 1 aliphatic rings. The third-order valence-electron chi connectivity index (χ3n) is 4.65. The van der Waals surface area contributed by atoms with Crippen LogP contribution < -0.4 is 10.2 Å². The molecule has 1 fully saturated rings. The van der Waals surface area contributed by atoms with Gasteiger partial charge >= 0.3 is 0 Å². The fourth-order valence-electron chi connectivity index (χ4n) is 3.19. The highest BCUT2D eigenvalue weighted by atomic mass is 32.1. The minimum Gasteiger partial charge on any atom is -0.353 e. The topological polar surface area (TPSA) is 65.5 Å². The average molecular weight is 392 g/mol. The van der Waals surface area contributed by atoms with E-state index in [2.05, 4.69) is 15.2 Å². The third-order valence-corrected chi connectivity index (χ3v) is 5.52. The van der Waals surface area contributed by atoms with Gasteiger partial charge in [0, 0.05) is 43.6 Å². The lowest BCUT2D eigenvalue weighted by molar-refractivity contribution is 0.0746. The van der Waals surface area contributed by atoms with Gasteiger partial charge < -0.3 is 15.1 Å². The van der Waals surface area contributed by atoms with E-state index in [4.69, 9.17) is 0 Å². The van der Waals surface area contributed by atoms with E-state index < -0.39 is 0 Å². The van der Waals surface area contributed by atoms with Gasteiger partial charge in [-0.15, -0.1) is 11.3 Å². The fourth-order valence-corrected chi connectivity index (χ4v) is 3.81. The molecule has 0 saturated carbocycles. The number of thiophene rings is 1. The highest BCUT2D eigenvalue weighted by Gasteiger charge is 2.23. The van der Waals surface area contributed by atoms with E-state index in [0.717, 1.165) is 18.9 Å². The summed E-state index contributed by atoms with van der Waals surface area (Å²) in [5, 5.41) is 4.72. The molecule has 1 aliphatic heterocycles. The monoisotopic (exact) mass is 392 g/mol. The molecule has 2 amide bonds. The number of carbonyl (C=O) groups is 2. The zero-order valence-electron chi connectivity index (χ0n) is 15.2. The number of benzene rings is 1. The number of amides is 2. The Kier molecular flexibility index (Phi) is 5.34. The first-order valence-corrected chi connectivity index (χ1v) is 9.99. The van der Waals surface area contributed by atoms with Gasteiger partial charge in [0.05, 0.1) is 4.88 Å². The predicted octanol–water partition coefficient (Wildman–Crippen LogP) is 3.36. The number of carbonyl (C=O) groups excluding carboxylic acids is 2. The molecule has 0 spiro atoms. The van der Waals surface area contributed by atoms with Gasteiger partial charge in [-0.05, 0) is 41.8 Å². The van der Waals surface area contributed by atoms with E-state index in [0.29, 0.717) is 29.2 Å². The van der Waals surface area contributed by atoms with Crippen molar-refractivity contribution >= 4 is 34.7 Å². The van der Waals surface area contributed by atoms with Crippen LogP contribution in [0.2, 0.25) is 0 Å². The van der Waals surface area contributed by atoms with Crippen molar-refractivity contribution in [3.05, 3.63) is 76.6 Å².